The first-order valence-corrected chi connectivity index (χ1v) is 16.4. The van der Waals surface area contributed by atoms with E-state index in [9.17, 15) is 29.7 Å². The van der Waals surface area contributed by atoms with Crippen LogP contribution in [0.25, 0.3) is 0 Å². The SMILES string of the molecule is C=C(C)[C@H](O)CC[C@@](C)(O)[C@]1(O)CC[C@]2(C)[C@@H]1[C@H](OC(C)=O)C[C@H]1[C@@]3(C)CC[C@H](OC(=O)CC(=O)O)C(C)(C)[C@@H]3CC[C@@]12C. The van der Waals surface area contributed by atoms with E-state index in [1.165, 1.54) is 6.92 Å². The highest BCUT2D eigenvalue weighted by molar-refractivity contribution is 5.90. The number of aliphatic hydroxyl groups is 3. The van der Waals surface area contributed by atoms with Crippen LogP contribution in [0.2, 0.25) is 0 Å². The molecular formula is C35H56O9. The van der Waals surface area contributed by atoms with Crippen molar-refractivity contribution in [2.24, 2.45) is 39.4 Å². The third kappa shape index (κ3) is 5.32. The lowest BCUT2D eigenvalue weighted by molar-refractivity contribution is -0.275. The number of fused-ring (bicyclic) bond motifs is 5. The van der Waals surface area contributed by atoms with Crippen molar-refractivity contribution in [3.63, 3.8) is 0 Å². The van der Waals surface area contributed by atoms with Crippen molar-refractivity contribution in [3.8, 4) is 0 Å². The quantitative estimate of drug-likeness (QED) is 0.155. The monoisotopic (exact) mass is 620 g/mol. The molecule has 250 valence electrons. The molecule has 0 heterocycles. The van der Waals surface area contributed by atoms with Crippen molar-refractivity contribution in [2.45, 2.75) is 149 Å². The molecule has 4 rings (SSSR count). The molecule has 11 atom stereocenters. The summed E-state index contributed by atoms with van der Waals surface area (Å²) in [6, 6.07) is 0. The van der Waals surface area contributed by atoms with Crippen molar-refractivity contribution in [3.05, 3.63) is 12.2 Å². The maximum Gasteiger partial charge on any atom is 0.317 e. The highest BCUT2D eigenvalue weighted by Crippen LogP contribution is 2.76. The summed E-state index contributed by atoms with van der Waals surface area (Å²) in [5, 5.41) is 44.0. The molecule has 4 fully saturated rings. The molecular weight excluding hydrogens is 564 g/mol. The minimum Gasteiger partial charge on any atom is -0.481 e. The van der Waals surface area contributed by atoms with Gasteiger partial charge in [0.1, 0.15) is 18.6 Å². The first-order valence-electron chi connectivity index (χ1n) is 16.4. The number of carbonyl (C=O) groups excluding carboxylic acids is 2. The van der Waals surface area contributed by atoms with Crippen LogP contribution in [0.3, 0.4) is 0 Å². The van der Waals surface area contributed by atoms with E-state index in [1.807, 2.05) is 0 Å². The maximum atomic E-state index is 12.6. The van der Waals surface area contributed by atoms with Crippen LogP contribution in [0, 0.1) is 39.4 Å². The highest BCUT2D eigenvalue weighted by atomic mass is 16.6. The summed E-state index contributed by atoms with van der Waals surface area (Å²) < 4.78 is 11.9. The number of aliphatic carboxylic acids is 1. The lowest BCUT2D eigenvalue weighted by atomic mass is 9.35. The van der Waals surface area contributed by atoms with E-state index in [1.54, 1.807) is 13.8 Å². The molecule has 0 aromatic carbocycles. The Labute approximate surface area is 262 Å². The van der Waals surface area contributed by atoms with Crippen molar-refractivity contribution in [2.75, 3.05) is 0 Å². The van der Waals surface area contributed by atoms with Crippen molar-refractivity contribution in [1.29, 1.82) is 0 Å². The molecule has 0 aliphatic heterocycles. The Bertz CT molecular complexity index is 1180. The normalized spacial score (nSPS) is 42.9. The van der Waals surface area contributed by atoms with Gasteiger partial charge in [0.2, 0.25) is 0 Å². The summed E-state index contributed by atoms with van der Waals surface area (Å²) in [6.45, 7) is 19.7. The Balaban J connectivity index is 1.71. The number of esters is 2. The lowest BCUT2D eigenvalue weighted by Gasteiger charge is -2.71. The molecule has 0 unspecified atom stereocenters. The molecule has 4 N–H and O–H groups in total. The Kier molecular flexibility index (Phi) is 9.02. The second-order valence-corrected chi connectivity index (χ2v) is 16.4. The Morgan fingerprint density at radius 1 is 0.955 bits per heavy atom. The standard InChI is InChI=1S/C35H56O9/c1-20(2)22(37)10-15-34(9,41)35(42)17-16-33(8)29(35)23(43-21(3)36)18-25-31(6)13-12-26(44-28(40)19-27(38)39)30(4,5)24(31)11-14-32(25,33)7/h22-26,29,37,41-42H,1,10-19H2,2-9H3,(H,38,39)/t22-,23-,24+,25+,26+,29+,31+,32+,33-,34-,35+/m1/s1. The number of ether oxygens (including phenoxy) is 2. The molecule has 9 heteroatoms. The molecule has 0 spiro atoms. The van der Waals surface area contributed by atoms with E-state index in [0.717, 1.165) is 19.3 Å². The van der Waals surface area contributed by atoms with Crippen LogP contribution in [0.1, 0.15) is 120 Å². The molecule has 9 nitrogen and oxygen atoms in total. The summed E-state index contributed by atoms with van der Waals surface area (Å²) in [5.74, 6) is -2.53. The minimum absolute atomic E-state index is 0.131. The third-order valence-electron chi connectivity index (χ3n) is 13.7. The van der Waals surface area contributed by atoms with E-state index >= 15 is 0 Å². The third-order valence-corrected chi connectivity index (χ3v) is 13.7. The van der Waals surface area contributed by atoms with Gasteiger partial charge >= 0.3 is 17.9 Å². The maximum absolute atomic E-state index is 12.6. The Morgan fingerprint density at radius 3 is 2.16 bits per heavy atom. The van der Waals surface area contributed by atoms with Crippen LogP contribution in [0.5, 0.6) is 0 Å². The number of carbonyl (C=O) groups is 3. The molecule has 4 aliphatic carbocycles. The summed E-state index contributed by atoms with van der Waals surface area (Å²) >= 11 is 0. The van der Waals surface area contributed by atoms with Crippen LogP contribution < -0.4 is 0 Å². The zero-order chi connectivity index (χ0) is 33.3. The average Bonchev–Trinajstić information content (AvgIpc) is 3.19. The van der Waals surface area contributed by atoms with Crippen molar-refractivity contribution >= 4 is 17.9 Å². The van der Waals surface area contributed by atoms with Gasteiger partial charge in [0.25, 0.3) is 0 Å². The largest absolute Gasteiger partial charge is 0.481 e. The Morgan fingerprint density at radius 2 is 1.59 bits per heavy atom. The first kappa shape index (κ1) is 34.9. The molecule has 0 bridgehead atoms. The molecule has 0 aromatic rings. The van der Waals surface area contributed by atoms with Gasteiger partial charge in [0, 0.05) is 18.3 Å². The minimum atomic E-state index is -1.53. The topological polar surface area (TPSA) is 151 Å². The molecule has 4 aliphatic rings. The van der Waals surface area contributed by atoms with Crippen LogP contribution in [0.4, 0.5) is 0 Å². The van der Waals surface area contributed by atoms with E-state index in [0.29, 0.717) is 31.3 Å². The molecule has 0 radical (unpaired) electrons. The van der Waals surface area contributed by atoms with Gasteiger partial charge in [0.15, 0.2) is 0 Å². The summed E-state index contributed by atoms with van der Waals surface area (Å²) in [7, 11) is 0. The summed E-state index contributed by atoms with van der Waals surface area (Å²) in [6.07, 6.45) is 2.70. The van der Waals surface area contributed by atoms with Gasteiger partial charge in [-0.05, 0) is 99.7 Å². The number of hydrogen-bond donors (Lipinski definition) is 4. The van der Waals surface area contributed by atoms with Crippen LogP contribution in [-0.4, -0.2) is 67.8 Å². The first-order chi connectivity index (χ1) is 20.1. The Hall–Kier alpha value is -1.97. The molecule has 0 amide bonds. The highest BCUT2D eigenvalue weighted by Gasteiger charge is 2.75. The van der Waals surface area contributed by atoms with Crippen LogP contribution in [0.15, 0.2) is 12.2 Å². The second-order valence-electron chi connectivity index (χ2n) is 16.4. The van der Waals surface area contributed by atoms with Crippen LogP contribution in [-0.2, 0) is 23.9 Å². The summed E-state index contributed by atoms with van der Waals surface area (Å²) in [5.41, 5.74) is -3.74. The average molecular weight is 621 g/mol. The van der Waals surface area contributed by atoms with Crippen molar-refractivity contribution in [1.82, 2.24) is 0 Å². The van der Waals surface area contributed by atoms with Gasteiger partial charge in [-0.15, -0.1) is 0 Å². The lowest BCUT2D eigenvalue weighted by Crippen LogP contribution is -2.70. The zero-order valence-electron chi connectivity index (χ0n) is 28.1. The molecule has 44 heavy (non-hydrogen) atoms. The number of hydrogen-bond acceptors (Lipinski definition) is 8. The number of rotatable bonds is 9. The smallest absolute Gasteiger partial charge is 0.317 e. The predicted molar refractivity (Wildman–Crippen MR) is 164 cm³/mol. The summed E-state index contributed by atoms with van der Waals surface area (Å²) in [4.78, 5) is 36.1. The van der Waals surface area contributed by atoms with Crippen LogP contribution >= 0.6 is 0 Å². The van der Waals surface area contributed by atoms with Gasteiger partial charge in [-0.3, -0.25) is 14.4 Å². The molecule has 4 saturated carbocycles. The van der Waals surface area contributed by atoms with Gasteiger partial charge in [0.05, 0.1) is 17.3 Å². The van der Waals surface area contributed by atoms with E-state index < -0.39 is 70.6 Å². The zero-order valence-corrected chi connectivity index (χ0v) is 28.1. The number of carboxylic acid groups (broad SMARTS) is 1. The fourth-order valence-corrected chi connectivity index (χ4v) is 11.1. The fourth-order valence-electron chi connectivity index (χ4n) is 11.1. The number of aliphatic hydroxyl groups excluding tert-OH is 1. The van der Waals surface area contributed by atoms with Gasteiger partial charge in [-0.25, -0.2) is 0 Å². The number of carboxylic acids is 1. The van der Waals surface area contributed by atoms with Gasteiger partial charge in [-0.2, -0.15) is 0 Å². The molecule has 0 aromatic heterocycles. The van der Waals surface area contributed by atoms with Gasteiger partial charge in [-0.1, -0.05) is 46.8 Å². The fraction of sp³-hybridized carbons (Fsp3) is 0.857. The van der Waals surface area contributed by atoms with Crippen molar-refractivity contribution < 1.29 is 44.3 Å². The van der Waals surface area contributed by atoms with Gasteiger partial charge < -0.3 is 29.9 Å². The molecule has 0 saturated heterocycles. The van der Waals surface area contributed by atoms with E-state index in [2.05, 4.69) is 41.2 Å². The van der Waals surface area contributed by atoms with E-state index in [-0.39, 0.29) is 35.5 Å². The van der Waals surface area contributed by atoms with E-state index in [4.69, 9.17) is 14.6 Å². The second kappa shape index (κ2) is 11.4. The predicted octanol–water partition coefficient (Wildman–Crippen LogP) is 5.18.